The van der Waals surface area contributed by atoms with Gasteiger partial charge in [0.15, 0.2) is 11.5 Å². The van der Waals surface area contributed by atoms with E-state index in [1.165, 1.54) is 10.6 Å². The molecule has 0 unspecified atom stereocenters. The zero-order chi connectivity index (χ0) is 20.5. The third-order valence-corrected chi connectivity index (χ3v) is 4.93. The van der Waals surface area contributed by atoms with Gasteiger partial charge in [-0.05, 0) is 42.0 Å². The number of hydrogen-bond donors (Lipinski definition) is 0. The van der Waals surface area contributed by atoms with Gasteiger partial charge in [0, 0.05) is 18.1 Å². The molecule has 0 fully saturated rings. The van der Waals surface area contributed by atoms with Crippen molar-refractivity contribution in [1.29, 1.82) is 0 Å². The second-order valence-corrected chi connectivity index (χ2v) is 6.82. The van der Waals surface area contributed by atoms with Crippen LogP contribution >= 0.6 is 0 Å². The van der Waals surface area contributed by atoms with Crippen LogP contribution in [0.1, 0.15) is 15.9 Å². The lowest BCUT2D eigenvalue weighted by Gasteiger charge is -2.23. The van der Waals surface area contributed by atoms with Crippen molar-refractivity contribution in [3.05, 3.63) is 101 Å². The number of benzene rings is 2. The largest absolute Gasteiger partial charge is 0.454 e. The SMILES string of the molecule is O=C(c1cnc2ccccn2c1=O)N(Cc1ccc2c(c1)OCO2)c1ccccc1. The Balaban J connectivity index is 1.56. The van der Waals surface area contributed by atoms with Gasteiger partial charge in [-0.2, -0.15) is 0 Å². The number of rotatable bonds is 4. The maximum absolute atomic E-state index is 13.5. The Hall–Kier alpha value is -4.13. The molecular formula is C23H17N3O4. The minimum absolute atomic E-state index is 0.00305. The van der Waals surface area contributed by atoms with Crippen molar-refractivity contribution >= 4 is 17.2 Å². The molecule has 0 N–H and O–H groups in total. The fraction of sp³-hybridized carbons (Fsp3) is 0.0870. The summed E-state index contributed by atoms with van der Waals surface area (Å²) in [6.45, 7) is 0.441. The van der Waals surface area contributed by atoms with Crippen molar-refractivity contribution in [3.8, 4) is 11.5 Å². The number of para-hydroxylation sites is 1. The highest BCUT2D eigenvalue weighted by Crippen LogP contribution is 2.33. The fourth-order valence-corrected chi connectivity index (χ4v) is 3.43. The number of amides is 1. The first-order valence-corrected chi connectivity index (χ1v) is 9.42. The highest BCUT2D eigenvalue weighted by atomic mass is 16.7. The highest BCUT2D eigenvalue weighted by Gasteiger charge is 2.23. The molecule has 0 bridgehead atoms. The van der Waals surface area contributed by atoms with E-state index in [4.69, 9.17) is 9.47 Å². The minimum atomic E-state index is -0.422. The average molecular weight is 399 g/mol. The number of fused-ring (bicyclic) bond motifs is 2. The summed E-state index contributed by atoms with van der Waals surface area (Å²) in [5.74, 6) is 0.892. The van der Waals surface area contributed by atoms with E-state index in [-0.39, 0.29) is 18.9 Å². The number of ether oxygens (including phenoxy) is 2. The molecule has 1 aliphatic rings. The number of carbonyl (C=O) groups excluding carboxylic acids is 1. The van der Waals surface area contributed by atoms with Crippen LogP contribution in [0, 0.1) is 0 Å². The van der Waals surface area contributed by atoms with E-state index in [0.717, 1.165) is 5.56 Å². The maximum atomic E-state index is 13.5. The standard InChI is InChI=1S/C23H17N3O4/c27-22-18(13-24-21-8-4-5-11-25(21)22)23(28)26(17-6-2-1-3-7-17)14-16-9-10-19-20(12-16)30-15-29-19/h1-13H,14-15H2. The van der Waals surface area contributed by atoms with Gasteiger partial charge in [0.1, 0.15) is 11.2 Å². The molecular weight excluding hydrogens is 382 g/mol. The maximum Gasteiger partial charge on any atom is 0.270 e. The Bertz CT molecular complexity index is 1300. The third-order valence-electron chi connectivity index (χ3n) is 4.93. The molecule has 0 aliphatic carbocycles. The van der Waals surface area contributed by atoms with E-state index in [2.05, 4.69) is 4.98 Å². The van der Waals surface area contributed by atoms with E-state index in [9.17, 15) is 9.59 Å². The summed E-state index contributed by atoms with van der Waals surface area (Å²) in [6.07, 6.45) is 2.95. The van der Waals surface area contributed by atoms with Gasteiger partial charge in [-0.3, -0.25) is 14.0 Å². The molecule has 0 saturated carbocycles. The van der Waals surface area contributed by atoms with Gasteiger partial charge in [-0.25, -0.2) is 4.98 Å². The number of carbonyl (C=O) groups is 1. The van der Waals surface area contributed by atoms with Crippen LogP contribution in [0.5, 0.6) is 11.5 Å². The van der Waals surface area contributed by atoms with Crippen LogP contribution in [-0.4, -0.2) is 22.1 Å². The monoisotopic (exact) mass is 399 g/mol. The Morgan fingerprint density at radius 2 is 1.80 bits per heavy atom. The summed E-state index contributed by atoms with van der Waals surface area (Å²) in [5, 5.41) is 0. The second kappa shape index (κ2) is 7.36. The van der Waals surface area contributed by atoms with Crippen molar-refractivity contribution in [2.45, 2.75) is 6.54 Å². The molecule has 0 spiro atoms. The van der Waals surface area contributed by atoms with Gasteiger partial charge in [-0.1, -0.05) is 30.3 Å². The predicted molar refractivity (Wildman–Crippen MR) is 111 cm³/mol. The summed E-state index contributed by atoms with van der Waals surface area (Å²) in [4.78, 5) is 32.2. The van der Waals surface area contributed by atoms with Gasteiger partial charge in [0.25, 0.3) is 11.5 Å². The lowest BCUT2D eigenvalue weighted by molar-refractivity contribution is 0.0983. The van der Waals surface area contributed by atoms with E-state index in [1.54, 1.807) is 29.3 Å². The fourth-order valence-electron chi connectivity index (χ4n) is 3.43. The molecule has 30 heavy (non-hydrogen) atoms. The van der Waals surface area contributed by atoms with E-state index in [0.29, 0.717) is 22.8 Å². The lowest BCUT2D eigenvalue weighted by Crippen LogP contribution is -2.35. The predicted octanol–water partition coefficient (Wildman–Crippen LogP) is 3.27. The highest BCUT2D eigenvalue weighted by molar-refractivity contribution is 6.05. The zero-order valence-electron chi connectivity index (χ0n) is 15.9. The average Bonchev–Trinajstić information content (AvgIpc) is 3.26. The summed E-state index contributed by atoms with van der Waals surface area (Å²) in [5.41, 5.74) is 1.62. The summed E-state index contributed by atoms with van der Waals surface area (Å²) < 4.78 is 12.2. The molecule has 1 aliphatic heterocycles. The number of nitrogens with zero attached hydrogens (tertiary/aromatic N) is 3. The van der Waals surface area contributed by atoms with Crippen molar-refractivity contribution < 1.29 is 14.3 Å². The zero-order valence-corrected chi connectivity index (χ0v) is 15.9. The molecule has 4 aromatic rings. The van der Waals surface area contributed by atoms with Gasteiger partial charge < -0.3 is 14.4 Å². The van der Waals surface area contributed by atoms with Crippen molar-refractivity contribution in [2.24, 2.45) is 0 Å². The summed E-state index contributed by atoms with van der Waals surface area (Å²) in [7, 11) is 0. The Labute approximate surface area is 171 Å². The van der Waals surface area contributed by atoms with Crippen LogP contribution < -0.4 is 19.9 Å². The Morgan fingerprint density at radius 3 is 2.67 bits per heavy atom. The molecule has 2 aromatic carbocycles. The second-order valence-electron chi connectivity index (χ2n) is 6.82. The molecule has 0 atom stereocenters. The normalized spacial score (nSPS) is 12.1. The number of hydrogen-bond acceptors (Lipinski definition) is 5. The molecule has 5 rings (SSSR count). The molecule has 7 heteroatoms. The van der Waals surface area contributed by atoms with Gasteiger partial charge >= 0.3 is 0 Å². The van der Waals surface area contributed by atoms with Crippen LogP contribution in [-0.2, 0) is 6.54 Å². The number of pyridine rings is 1. The van der Waals surface area contributed by atoms with Crippen LogP contribution in [0.3, 0.4) is 0 Å². The van der Waals surface area contributed by atoms with E-state index in [1.807, 2.05) is 48.5 Å². The van der Waals surface area contributed by atoms with Crippen molar-refractivity contribution in [3.63, 3.8) is 0 Å². The first kappa shape index (κ1) is 17.9. The number of anilines is 1. The minimum Gasteiger partial charge on any atom is -0.454 e. The van der Waals surface area contributed by atoms with Gasteiger partial charge in [-0.15, -0.1) is 0 Å². The molecule has 0 radical (unpaired) electrons. The van der Waals surface area contributed by atoms with E-state index < -0.39 is 11.5 Å². The summed E-state index contributed by atoms with van der Waals surface area (Å²) in [6, 6.07) is 20.0. The van der Waals surface area contributed by atoms with Crippen LogP contribution in [0.2, 0.25) is 0 Å². The third kappa shape index (κ3) is 3.16. The molecule has 7 nitrogen and oxygen atoms in total. The smallest absolute Gasteiger partial charge is 0.270 e. The van der Waals surface area contributed by atoms with Crippen LogP contribution in [0.4, 0.5) is 5.69 Å². The topological polar surface area (TPSA) is 73.1 Å². The first-order valence-electron chi connectivity index (χ1n) is 9.42. The Kier molecular flexibility index (Phi) is 4.40. The van der Waals surface area contributed by atoms with E-state index >= 15 is 0 Å². The van der Waals surface area contributed by atoms with Gasteiger partial charge in [0.2, 0.25) is 6.79 Å². The van der Waals surface area contributed by atoms with Crippen molar-refractivity contribution in [1.82, 2.24) is 9.38 Å². The molecule has 0 saturated heterocycles. The molecule has 3 heterocycles. The summed E-state index contributed by atoms with van der Waals surface area (Å²) >= 11 is 0. The number of aromatic nitrogens is 2. The molecule has 1 amide bonds. The lowest BCUT2D eigenvalue weighted by atomic mass is 10.1. The molecule has 2 aromatic heterocycles. The molecule has 148 valence electrons. The van der Waals surface area contributed by atoms with Crippen LogP contribution in [0.25, 0.3) is 5.65 Å². The Morgan fingerprint density at radius 1 is 1.00 bits per heavy atom. The quantitative estimate of drug-likeness (QED) is 0.527. The van der Waals surface area contributed by atoms with Gasteiger partial charge in [0.05, 0.1) is 6.54 Å². The van der Waals surface area contributed by atoms with Crippen molar-refractivity contribution in [2.75, 3.05) is 11.7 Å². The van der Waals surface area contributed by atoms with Crippen LogP contribution in [0.15, 0.2) is 83.9 Å². The first-order chi connectivity index (χ1) is 14.7.